The molecule has 2 aromatic rings. The Balaban J connectivity index is 1.38. The monoisotopic (exact) mass is 329 g/mol. The Labute approximate surface area is 139 Å². The van der Waals surface area contributed by atoms with Gasteiger partial charge in [-0.15, -0.1) is 0 Å². The number of amides is 1. The first kappa shape index (κ1) is 14.9. The summed E-state index contributed by atoms with van der Waals surface area (Å²) < 4.78 is 10.4. The number of methoxy groups -OCH3 is 1. The Morgan fingerprint density at radius 1 is 1.29 bits per heavy atom. The predicted octanol–water partition coefficient (Wildman–Crippen LogP) is 1.31. The molecule has 0 N–H and O–H groups in total. The Hall–Kier alpha value is -2.64. The van der Waals surface area contributed by atoms with Crippen LogP contribution in [0.5, 0.6) is 5.88 Å². The molecule has 0 bridgehead atoms. The Kier molecular flexibility index (Phi) is 3.79. The number of hydrogen-bond donors (Lipinski definition) is 0. The fourth-order valence-electron chi connectivity index (χ4n) is 2.82. The summed E-state index contributed by atoms with van der Waals surface area (Å²) in [6.45, 7) is 2.55. The minimum Gasteiger partial charge on any atom is -0.481 e. The van der Waals surface area contributed by atoms with Gasteiger partial charge in [0.05, 0.1) is 7.11 Å². The second-order valence-corrected chi connectivity index (χ2v) is 6.07. The number of hydrogen-bond acceptors (Lipinski definition) is 7. The van der Waals surface area contributed by atoms with Gasteiger partial charge in [-0.25, -0.2) is 4.98 Å². The summed E-state index contributed by atoms with van der Waals surface area (Å²) in [6.07, 6.45) is 3.93. The number of rotatable bonds is 4. The molecule has 24 heavy (non-hydrogen) atoms. The minimum absolute atomic E-state index is 0.0724. The van der Waals surface area contributed by atoms with Gasteiger partial charge in [-0.05, 0) is 12.8 Å². The SMILES string of the molecule is COc1ccnc(N2CCN(C(=O)c3cc(C4CC4)on3)CC2)n1. The molecule has 0 spiro atoms. The molecule has 1 aliphatic carbocycles. The van der Waals surface area contributed by atoms with Crippen LogP contribution in [0.25, 0.3) is 0 Å². The largest absolute Gasteiger partial charge is 0.481 e. The topological polar surface area (TPSA) is 84.6 Å². The van der Waals surface area contributed by atoms with Crippen molar-refractivity contribution in [3.63, 3.8) is 0 Å². The summed E-state index contributed by atoms with van der Waals surface area (Å²) in [5.41, 5.74) is 0.406. The second-order valence-electron chi connectivity index (χ2n) is 6.07. The molecule has 8 heteroatoms. The van der Waals surface area contributed by atoms with Gasteiger partial charge >= 0.3 is 0 Å². The van der Waals surface area contributed by atoms with Crippen molar-refractivity contribution in [2.45, 2.75) is 18.8 Å². The van der Waals surface area contributed by atoms with E-state index in [2.05, 4.69) is 15.1 Å². The second kappa shape index (κ2) is 6.10. The van der Waals surface area contributed by atoms with E-state index in [9.17, 15) is 4.79 Å². The molecule has 0 unspecified atom stereocenters. The van der Waals surface area contributed by atoms with Gasteiger partial charge in [0.15, 0.2) is 5.69 Å². The molecule has 1 aliphatic heterocycles. The smallest absolute Gasteiger partial charge is 0.276 e. The maximum Gasteiger partial charge on any atom is 0.276 e. The standard InChI is InChI=1S/C16H19N5O3/c1-23-14-4-5-17-16(18-14)21-8-6-20(7-9-21)15(22)12-10-13(24-19-12)11-2-3-11/h4-5,10-11H,2-3,6-9H2,1H3. The molecule has 126 valence electrons. The highest BCUT2D eigenvalue weighted by atomic mass is 16.5. The van der Waals surface area contributed by atoms with E-state index in [4.69, 9.17) is 9.26 Å². The first-order valence-corrected chi connectivity index (χ1v) is 8.12. The number of piperazine rings is 1. The lowest BCUT2D eigenvalue weighted by atomic mass is 10.2. The molecule has 8 nitrogen and oxygen atoms in total. The number of ether oxygens (including phenoxy) is 1. The molecule has 2 fully saturated rings. The van der Waals surface area contributed by atoms with Crippen molar-refractivity contribution in [1.82, 2.24) is 20.0 Å². The van der Waals surface area contributed by atoms with E-state index in [1.54, 1.807) is 30.3 Å². The van der Waals surface area contributed by atoms with Gasteiger partial charge in [-0.1, -0.05) is 5.16 Å². The maximum atomic E-state index is 12.5. The molecule has 0 radical (unpaired) electrons. The van der Waals surface area contributed by atoms with Gasteiger partial charge in [-0.3, -0.25) is 4.79 Å². The molecule has 1 amide bonds. The molecule has 3 heterocycles. The van der Waals surface area contributed by atoms with Gasteiger partial charge < -0.3 is 19.1 Å². The zero-order valence-corrected chi connectivity index (χ0v) is 13.5. The summed E-state index contributed by atoms with van der Waals surface area (Å²) >= 11 is 0. The molecule has 0 aromatic carbocycles. The average molecular weight is 329 g/mol. The quantitative estimate of drug-likeness (QED) is 0.836. The van der Waals surface area contributed by atoms with Crippen molar-refractivity contribution in [1.29, 1.82) is 0 Å². The third-order valence-corrected chi connectivity index (χ3v) is 4.40. The third kappa shape index (κ3) is 2.91. The molecule has 2 aliphatic rings. The summed E-state index contributed by atoms with van der Waals surface area (Å²) in [4.78, 5) is 25.0. The van der Waals surface area contributed by atoms with Crippen LogP contribution in [0.2, 0.25) is 0 Å². The number of nitrogens with zero attached hydrogens (tertiary/aromatic N) is 5. The molecule has 0 atom stereocenters. The third-order valence-electron chi connectivity index (χ3n) is 4.40. The van der Waals surface area contributed by atoms with Gasteiger partial charge in [0.25, 0.3) is 5.91 Å². The fraction of sp³-hybridized carbons (Fsp3) is 0.500. The molecule has 1 saturated carbocycles. The van der Waals surface area contributed by atoms with Crippen LogP contribution >= 0.6 is 0 Å². The number of carbonyl (C=O) groups is 1. The van der Waals surface area contributed by atoms with Crippen LogP contribution in [-0.4, -0.2) is 59.2 Å². The highest BCUT2D eigenvalue weighted by molar-refractivity contribution is 5.92. The van der Waals surface area contributed by atoms with Crippen LogP contribution in [0.3, 0.4) is 0 Å². The molecular weight excluding hydrogens is 310 g/mol. The summed E-state index contributed by atoms with van der Waals surface area (Å²) in [6, 6.07) is 3.50. The minimum atomic E-state index is -0.0724. The fourth-order valence-corrected chi connectivity index (χ4v) is 2.82. The lowest BCUT2D eigenvalue weighted by molar-refractivity contribution is 0.0735. The van der Waals surface area contributed by atoms with Crippen LogP contribution in [-0.2, 0) is 0 Å². The van der Waals surface area contributed by atoms with E-state index in [-0.39, 0.29) is 5.91 Å². The predicted molar refractivity (Wildman–Crippen MR) is 85.2 cm³/mol. The van der Waals surface area contributed by atoms with Crippen molar-refractivity contribution in [3.8, 4) is 5.88 Å². The van der Waals surface area contributed by atoms with Gasteiger partial charge in [-0.2, -0.15) is 4.98 Å². The van der Waals surface area contributed by atoms with Crippen molar-refractivity contribution >= 4 is 11.9 Å². The molecule has 4 rings (SSSR count). The number of anilines is 1. The van der Waals surface area contributed by atoms with Crippen LogP contribution in [0, 0.1) is 0 Å². The van der Waals surface area contributed by atoms with Gasteiger partial charge in [0.1, 0.15) is 5.76 Å². The van der Waals surface area contributed by atoms with Gasteiger partial charge in [0, 0.05) is 50.4 Å². The lowest BCUT2D eigenvalue weighted by Gasteiger charge is -2.34. The van der Waals surface area contributed by atoms with Crippen LogP contribution < -0.4 is 9.64 Å². The van der Waals surface area contributed by atoms with E-state index in [1.807, 2.05) is 4.90 Å². The summed E-state index contributed by atoms with van der Waals surface area (Å²) in [5.74, 6) is 2.38. The van der Waals surface area contributed by atoms with Crippen LogP contribution in [0.15, 0.2) is 22.9 Å². The first-order valence-electron chi connectivity index (χ1n) is 8.12. The number of aromatic nitrogens is 3. The van der Waals surface area contributed by atoms with E-state index in [1.165, 1.54) is 0 Å². The summed E-state index contributed by atoms with van der Waals surface area (Å²) in [7, 11) is 1.58. The zero-order chi connectivity index (χ0) is 16.5. The Morgan fingerprint density at radius 3 is 2.79 bits per heavy atom. The molecule has 1 saturated heterocycles. The highest BCUT2D eigenvalue weighted by Crippen LogP contribution is 2.40. The van der Waals surface area contributed by atoms with Crippen molar-refractivity contribution in [3.05, 3.63) is 29.8 Å². The molecular formula is C16H19N5O3. The average Bonchev–Trinajstić information content (AvgIpc) is 3.38. The van der Waals surface area contributed by atoms with E-state index >= 15 is 0 Å². The highest BCUT2D eigenvalue weighted by Gasteiger charge is 2.31. The van der Waals surface area contributed by atoms with E-state index in [0.717, 1.165) is 18.6 Å². The summed E-state index contributed by atoms with van der Waals surface area (Å²) in [5, 5.41) is 3.93. The maximum absolute atomic E-state index is 12.5. The van der Waals surface area contributed by atoms with Crippen molar-refractivity contribution < 1.29 is 14.1 Å². The Morgan fingerprint density at radius 2 is 2.08 bits per heavy atom. The lowest BCUT2D eigenvalue weighted by Crippen LogP contribution is -2.49. The van der Waals surface area contributed by atoms with E-state index in [0.29, 0.717) is 49.6 Å². The molecule has 2 aromatic heterocycles. The van der Waals surface area contributed by atoms with Crippen LogP contribution in [0.4, 0.5) is 5.95 Å². The Bertz CT molecular complexity index is 735. The zero-order valence-electron chi connectivity index (χ0n) is 13.5. The van der Waals surface area contributed by atoms with Gasteiger partial charge in [0.2, 0.25) is 11.8 Å². The number of carbonyl (C=O) groups excluding carboxylic acids is 1. The van der Waals surface area contributed by atoms with Crippen molar-refractivity contribution in [2.24, 2.45) is 0 Å². The van der Waals surface area contributed by atoms with Crippen LogP contribution in [0.1, 0.15) is 35.0 Å². The normalized spacial score (nSPS) is 17.9. The first-order chi connectivity index (χ1) is 11.7. The van der Waals surface area contributed by atoms with Crippen molar-refractivity contribution in [2.75, 3.05) is 38.2 Å². The van der Waals surface area contributed by atoms with E-state index < -0.39 is 0 Å².